The average Bonchev–Trinajstić information content (AvgIpc) is 2.85. The molecule has 3 rings (SSSR count). The SMILES string of the molecule is Cc1cc2nc(-c3ccccc3C)n(C(C)C(=O)O)c2cc1C. The van der Waals surface area contributed by atoms with Crippen molar-refractivity contribution in [2.75, 3.05) is 0 Å². The molecule has 23 heavy (non-hydrogen) atoms. The van der Waals surface area contributed by atoms with Crippen molar-refractivity contribution < 1.29 is 9.90 Å². The van der Waals surface area contributed by atoms with Gasteiger partial charge in [0.25, 0.3) is 0 Å². The van der Waals surface area contributed by atoms with Crippen LogP contribution in [0.1, 0.15) is 29.7 Å². The Labute approximate surface area is 135 Å². The molecule has 1 atom stereocenters. The first-order chi connectivity index (χ1) is 10.9. The predicted molar refractivity (Wildman–Crippen MR) is 91.7 cm³/mol. The number of hydrogen-bond acceptors (Lipinski definition) is 2. The minimum absolute atomic E-state index is 0.684. The van der Waals surface area contributed by atoms with Crippen LogP contribution in [0, 0.1) is 20.8 Å². The molecule has 0 aliphatic rings. The molecule has 118 valence electrons. The lowest BCUT2D eigenvalue weighted by Crippen LogP contribution is -2.16. The Morgan fingerprint density at radius 1 is 1.09 bits per heavy atom. The maximum absolute atomic E-state index is 11.6. The second-order valence-corrected chi connectivity index (χ2v) is 6.06. The van der Waals surface area contributed by atoms with Crippen LogP contribution in [0.3, 0.4) is 0 Å². The summed E-state index contributed by atoms with van der Waals surface area (Å²) in [5.74, 6) is -0.157. The fraction of sp³-hybridized carbons (Fsp3) is 0.263. The van der Waals surface area contributed by atoms with Gasteiger partial charge in [-0.05, 0) is 56.5 Å². The van der Waals surface area contributed by atoms with Gasteiger partial charge in [0.1, 0.15) is 11.9 Å². The second kappa shape index (κ2) is 5.54. The van der Waals surface area contributed by atoms with E-state index in [0.717, 1.165) is 33.3 Å². The van der Waals surface area contributed by atoms with E-state index in [1.165, 1.54) is 0 Å². The van der Waals surface area contributed by atoms with Crippen LogP contribution < -0.4 is 0 Å². The Bertz CT molecular complexity index is 909. The summed E-state index contributed by atoms with van der Waals surface area (Å²) < 4.78 is 1.83. The number of aromatic nitrogens is 2. The average molecular weight is 308 g/mol. The van der Waals surface area contributed by atoms with Crippen LogP contribution in [0.2, 0.25) is 0 Å². The third kappa shape index (κ3) is 2.50. The van der Waals surface area contributed by atoms with Crippen molar-refractivity contribution in [1.29, 1.82) is 0 Å². The van der Waals surface area contributed by atoms with Crippen LogP contribution in [0.5, 0.6) is 0 Å². The van der Waals surface area contributed by atoms with Gasteiger partial charge in [-0.1, -0.05) is 24.3 Å². The number of rotatable bonds is 3. The molecule has 0 aliphatic heterocycles. The molecule has 0 saturated heterocycles. The topological polar surface area (TPSA) is 55.1 Å². The number of carbonyl (C=O) groups is 1. The molecule has 1 aromatic heterocycles. The number of fused-ring (bicyclic) bond motifs is 1. The molecule has 0 radical (unpaired) electrons. The summed E-state index contributed by atoms with van der Waals surface area (Å²) in [6.45, 7) is 7.79. The van der Waals surface area contributed by atoms with Gasteiger partial charge in [0.2, 0.25) is 0 Å². The molecule has 0 amide bonds. The first kappa shape index (κ1) is 15.3. The van der Waals surface area contributed by atoms with Gasteiger partial charge in [0, 0.05) is 5.56 Å². The van der Waals surface area contributed by atoms with Crippen LogP contribution in [0.4, 0.5) is 0 Å². The third-order valence-electron chi connectivity index (χ3n) is 4.44. The smallest absolute Gasteiger partial charge is 0.326 e. The van der Waals surface area contributed by atoms with Crippen molar-refractivity contribution >= 4 is 17.0 Å². The number of hydrogen-bond donors (Lipinski definition) is 1. The summed E-state index contributed by atoms with van der Waals surface area (Å²) in [6.07, 6.45) is 0. The Hall–Kier alpha value is -2.62. The Kier molecular flexibility index (Phi) is 3.68. The Morgan fingerprint density at radius 3 is 2.39 bits per heavy atom. The molecular weight excluding hydrogens is 288 g/mol. The van der Waals surface area contributed by atoms with E-state index in [1.807, 2.05) is 61.7 Å². The molecule has 2 aromatic carbocycles. The lowest BCUT2D eigenvalue weighted by molar-refractivity contribution is -0.140. The van der Waals surface area contributed by atoms with Crippen molar-refractivity contribution in [3.8, 4) is 11.4 Å². The largest absolute Gasteiger partial charge is 0.480 e. The normalized spacial score (nSPS) is 12.5. The van der Waals surface area contributed by atoms with E-state index in [9.17, 15) is 9.90 Å². The minimum Gasteiger partial charge on any atom is -0.480 e. The first-order valence-corrected chi connectivity index (χ1v) is 7.68. The highest BCUT2D eigenvalue weighted by molar-refractivity contribution is 5.85. The Balaban J connectivity index is 2.39. The van der Waals surface area contributed by atoms with Gasteiger partial charge < -0.3 is 9.67 Å². The van der Waals surface area contributed by atoms with Gasteiger partial charge in [-0.15, -0.1) is 0 Å². The molecule has 0 aliphatic carbocycles. The van der Waals surface area contributed by atoms with Gasteiger partial charge >= 0.3 is 5.97 Å². The van der Waals surface area contributed by atoms with Crippen molar-refractivity contribution in [2.24, 2.45) is 0 Å². The number of benzene rings is 2. The maximum atomic E-state index is 11.6. The van der Waals surface area contributed by atoms with E-state index in [1.54, 1.807) is 6.92 Å². The summed E-state index contributed by atoms with van der Waals surface area (Å²) in [5.41, 5.74) is 6.02. The second-order valence-electron chi connectivity index (χ2n) is 6.06. The van der Waals surface area contributed by atoms with Gasteiger partial charge in [-0.25, -0.2) is 9.78 Å². The summed E-state index contributed by atoms with van der Waals surface area (Å²) in [4.78, 5) is 16.4. The van der Waals surface area contributed by atoms with Crippen molar-refractivity contribution in [1.82, 2.24) is 9.55 Å². The van der Waals surface area contributed by atoms with Crippen LogP contribution >= 0.6 is 0 Å². The predicted octanol–water partition coefficient (Wildman–Crippen LogP) is 4.27. The van der Waals surface area contributed by atoms with Crippen LogP contribution in [-0.4, -0.2) is 20.6 Å². The molecule has 1 unspecified atom stereocenters. The number of aryl methyl sites for hydroxylation is 3. The number of imidazole rings is 1. The van der Waals surface area contributed by atoms with E-state index in [2.05, 4.69) is 0 Å². The number of carboxylic acid groups (broad SMARTS) is 1. The number of aliphatic carboxylic acids is 1. The minimum atomic E-state index is -0.864. The zero-order chi connectivity index (χ0) is 16.7. The molecular formula is C19H20N2O2. The molecule has 0 spiro atoms. The number of nitrogens with zero attached hydrogens (tertiary/aromatic N) is 2. The first-order valence-electron chi connectivity index (χ1n) is 7.68. The number of carboxylic acids is 1. The fourth-order valence-corrected chi connectivity index (χ4v) is 2.87. The molecule has 3 aromatic rings. The highest BCUT2D eigenvalue weighted by Crippen LogP contribution is 2.31. The van der Waals surface area contributed by atoms with Gasteiger partial charge in [0.05, 0.1) is 11.0 Å². The Morgan fingerprint density at radius 2 is 1.74 bits per heavy atom. The summed E-state index contributed by atoms with van der Waals surface area (Å²) in [7, 11) is 0. The molecule has 1 N–H and O–H groups in total. The quantitative estimate of drug-likeness (QED) is 0.786. The molecule has 1 heterocycles. The fourth-order valence-electron chi connectivity index (χ4n) is 2.87. The van der Waals surface area contributed by atoms with Gasteiger partial charge in [-0.3, -0.25) is 0 Å². The summed E-state index contributed by atoms with van der Waals surface area (Å²) >= 11 is 0. The molecule has 0 fully saturated rings. The molecule has 0 saturated carbocycles. The highest BCUT2D eigenvalue weighted by atomic mass is 16.4. The van der Waals surface area contributed by atoms with Gasteiger partial charge in [-0.2, -0.15) is 0 Å². The monoisotopic (exact) mass is 308 g/mol. The highest BCUT2D eigenvalue weighted by Gasteiger charge is 2.23. The van der Waals surface area contributed by atoms with Crippen molar-refractivity contribution in [3.63, 3.8) is 0 Å². The van der Waals surface area contributed by atoms with Crippen molar-refractivity contribution in [3.05, 3.63) is 53.1 Å². The zero-order valence-corrected chi connectivity index (χ0v) is 13.8. The summed E-state index contributed by atoms with van der Waals surface area (Å²) in [6, 6.07) is 11.3. The van der Waals surface area contributed by atoms with Crippen molar-refractivity contribution in [2.45, 2.75) is 33.7 Å². The van der Waals surface area contributed by atoms with Gasteiger partial charge in [0.15, 0.2) is 0 Å². The van der Waals surface area contributed by atoms with Crippen LogP contribution in [0.15, 0.2) is 36.4 Å². The summed E-state index contributed by atoms with van der Waals surface area (Å²) in [5, 5.41) is 9.53. The standard InChI is InChI=1S/C19H20N2O2/c1-11-7-5-6-8-15(11)18-20-16-9-12(2)13(3)10-17(16)21(18)14(4)19(22)23/h5-10,14H,1-4H3,(H,22,23). The van der Waals surface area contributed by atoms with E-state index < -0.39 is 12.0 Å². The third-order valence-corrected chi connectivity index (χ3v) is 4.44. The molecule has 4 nitrogen and oxygen atoms in total. The van der Waals surface area contributed by atoms with E-state index in [0.29, 0.717) is 5.82 Å². The zero-order valence-electron chi connectivity index (χ0n) is 13.8. The van der Waals surface area contributed by atoms with Crippen LogP contribution in [-0.2, 0) is 4.79 Å². The lowest BCUT2D eigenvalue weighted by atomic mass is 10.1. The molecule has 0 bridgehead atoms. The van der Waals surface area contributed by atoms with E-state index in [-0.39, 0.29) is 0 Å². The van der Waals surface area contributed by atoms with E-state index >= 15 is 0 Å². The van der Waals surface area contributed by atoms with Crippen LogP contribution in [0.25, 0.3) is 22.4 Å². The lowest BCUT2D eigenvalue weighted by Gasteiger charge is -2.15. The maximum Gasteiger partial charge on any atom is 0.326 e. The van der Waals surface area contributed by atoms with E-state index in [4.69, 9.17) is 4.98 Å². The molecule has 4 heteroatoms.